The Kier molecular flexibility index (Phi) is 4.17. The number of aryl methyl sites for hydroxylation is 1. The quantitative estimate of drug-likeness (QED) is 0.777. The highest BCUT2D eigenvalue weighted by Crippen LogP contribution is 2.30. The van der Waals surface area contributed by atoms with Gasteiger partial charge in [0.25, 0.3) is 0 Å². The summed E-state index contributed by atoms with van der Waals surface area (Å²) in [5.41, 5.74) is 11.9. The number of hydrogen-bond acceptors (Lipinski definition) is 3. The van der Waals surface area contributed by atoms with Gasteiger partial charge in [-0.25, -0.2) is 4.68 Å². The van der Waals surface area contributed by atoms with Crippen LogP contribution in [0.2, 0.25) is 0 Å². The minimum absolute atomic E-state index is 0.264. The van der Waals surface area contributed by atoms with Crippen LogP contribution in [-0.2, 0) is 6.42 Å². The first-order valence-electron chi connectivity index (χ1n) is 7.75. The SMILES string of the molecule is Cc1nn(-c2ccc(CCN)cc2)c(C)c1-c1cccc(O)c1. The Balaban J connectivity index is 2.03. The van der Waals surface area contributed by atoms with Gasteiger partial charge in [-0.1, -0.05) is 24.3 Å². The fourth-order valence-electron chi connectivity index (χ4n) is 2.94. The van der Waals surface area contributed by atoms with Crippen molar-refractivity contribution in [3.8, 4) is 22.6 Å². The zero-order valence-corrected chi connectivity index (χ0v) is 13.5. The largest absolute Gasteiger partial charge is 0.508 e. The van der Waals surface area contributed by atoms with Crippen LogP contribution in [0.25, 0.3) is 16.8 Å². The van der Waals surface area contributed by atoms with Gasteiger partial charge in [-0.05, 0) is 62.2 Å². The molecule has 3 N–H and O–H groups in total. The number of hydrogen-bond donors (Lipinski definition) is 2. The van der Waals surface area contributed by atoms with E-state index in [9.17, 15) is 5.11 Å². The van der Waals surface area contributed by atoms with Crippen molar-refractivity contribution in [2.45, 2.75) is 20.3 Å². The summed E-state index contributed by atoms with van der Waals surface area (Å²) >= 11 is 0. The second-order valence-electron chi connectivity index (χ2n) is 5.71. The number of nitrogens with two attached hydrogens (primary N) is 1. The number of rotatable bonds is 4. The maximum atomic E-state index is 9.72. The molecule has 0 aliphatic heterocycles. The molecule has 0 aliphatic rings. The van der Waals surface area contributed by atoms with Gasteiger partial charge < -0.3 is 10.8 Å². The van der Waals surface area contributed by atoms with E-state index >= 15 is 0 Å². The highest BCUT2D eigenvalue weighted by molar-refractivity contribution is 5.70. The van der Waals surface area contributed by atoms with Crippen molar-refractivity contribution in [2.24, 2.45) is 5.73 Å². The van der Waals surface area contributed by atoms with Crippen LogP contribution >= 0.6 is 0 Å². The Morgan fingerprint density at radius 3 is 2.48 bits per heavy atom. The van der Waals surface area contributed by atoms with Crippen molar-refractivity contribution >= 4 is 0 Å². The maximum absolute atomic E-state index is 9.72. The first-order chi connectivity index (χ1) is 11.1. The van der Waals surface area contributed by atoms with Crippen molar-refractivity contribution in [2.75, 3.05) is 6.54 Å². The summed E-state index contributed by atoms with van der Waals surface area (Å²) in [4.78, 5) is 0. The number of phenols is 1. The molecule has 3 rings (SSSR count). The molecule has 1 aromatic heterocycles. The minimum Gasteiger partial charge on any atom is -0.508 e. The third kappa shape index (κ3) is 2.98. The van der Waals surface area contributed by atoms with Crippen molar-refractivity contribution in [3.05, 3.63) is 65.5 Å². The van der Waals surface area contributed by atoms with Gasteiger partial charge in [-0.2, -0.15) is 5.10 Å². The molecule has 0 bridgehead atoms. The molecule has 0 saturated carbocycles. The molecule has 1 heterocycles. The second kappa shape index (κ2) is 6.26. The predicted molar refractivity (Wildman–Crippen MR) is 92.9 cm³/mol. The molecule has 0 fully saturated rings. The van der Waals surface area contributed by atoms with Crippen molar-refractivity contribution in [3.63, 3.8) is 0 Å². The second-order valence-corrected chi connectivity index (χ2v) is 5.71. The molecular formula is C19H21N3O. The van der Waals surface area contributed by atoms with E-state index < -0.39 is 0 Å². The van der Waals surface area contributed by atoms with E-state index in [4.69, 9.17) is 5.73 Å². The zero-order valence-electron chi connectivity index (χ0n) is 13.5. The lowest BCUT2D eigenvalue weighted by Gasteiger charge is -2.07. The topological polar surface area (TPSA) is 64.1 Å². The van der Waals surface area contributed by atoms with E-state index in [0.29, 0.717) is 6.54 Å². The first-order valence-corrected chi connectivity index (χ1v) is 7.75. The van der Waals surface area contributed by atoms with Crippen molar-refractivity contribution in [1.29, 1.82) is 0 Å². The summed E-state index contributed by atoms with van der Waals surface area (Å²) in [6.07, 6.45) is 0.881. The smallest absolute Gasteiger partial charge is 0.116 e. The van der Waals surface area contributed by atoms with Crippen LogP contribution in [0.5, 0.6) is 5.75 Å². The summed E-state index contributed by atoms with van der Waals surface area (Å²) in [5, 5.41) is 14.4. The summed E-state index contributed by atoms with van der Waals surface area (Å²) in [6.45, 7) is 4.69. The van der Waals surface area contributed by atoms with Crippen LogP contribution < -0.4 is 5.73 Å². The molecule has 0 saturated heterocycles. The van der Waals surface area contributed by atoms with E-state index in [-0.39, 0.29) is 5.75 Å². The van der Waals surface area contributed by atoms with Gasteiger partial charge in [0.05, 0.1) is 11.4 Å². The molecule has 0 radical (unpaired) electrons. The van der Waals surface area contributed by atoms with Crippen molar-refractivity contribution in [1.82, 2.24) is 9.78 Å². The van der Waals surface area contributed by atoms with Crippen LogP contribution in [-0.4, -0.2) is 21.4 Å². The van der Waals surface area contributed by atoms with Crippen molar-refractivity contribution < 1.29 is 5.11 Å². The van der Waals surface area contributed by atoms with Gasteiger partial charge in [0, 0.05) is 11.3 Å². The van der Waals surface area contributed by atoms with E-state index in [1.165, 1.54) is 5.56 Å². The van der Waals surface area contributed by atoms with Gasteiger partial charge in [-0.15, -0.1) is 0 Å². The molecule has 0 unspecified atom stereocenters. The normalized spacial score (nSPS) is 10.9. The Morgan fingerprint density at radius 1 is 1.09 bits per heavy atom. The van der Waals surface area contributed by atoms with Crippen LogP contribution in [0.15, 0.2) is 48.5 Å². The number of benzene rings is 2. The van der Waals surface area contributed by atoms with Crippen LogP contribution in [0.4, 0.5) is 0 Å². The average molecular weight is 307 g/mol. The number of aromatic hydroxyl groups is 1. The lowest BCUT2D eigenvalue weighted by Crippen LogP contribution is -2.03. The zero-order chi connectivity index (χ0) is 16.4. The van der Waals surface area contributed by atoms with Gasteiger partial charge in [0.2, 0.25) is 0 Å². The molecule has 3 aromatic rings. The lowest BCUT2D eigenvalue weighted by molar-refractivity contribution is 0.475. The van der Waals surface area contributed by atoms with Gasteiger partial charge in [0.15, 0.2) is 0 Å². The molecule has 4 heteroatoms. The molecule has 0 amide bonds. The third-order valence-corrected chi connectivity index (χ3v) is 4.04. The average Bonchev–Trinajstić information content (AvgIpc) is 2.83. The van der Waals surface area contributed by atoms with Crippen LogP contribution in [0.3, 0.4) is 0 Å². The third-order valence-electron chi connectivity index (χ3n) is 4.04. The Hall–Kier alpha value is -2.59. The molecule has 23 heavy (non-hydrogen) atoms. The molecule has 0 atom stereocenters. The molecular weight excluding hydrogens is 286 g/mol. The molecule has 0 aliphatic carbocycles. The van der Waals surface area contributed by atoms with Gasteiger partial charge in [-0.3, -0.25) is 0 Å². The molecule has 2 aromatic carbocycles. The predicted octanol–water partition coefficient (Wildman–Crippen LogP) is 3.36. The summed E-state index contributed by atoms with van der Waals surface area (Å²) in [6, 6.07) is 15.6. The summed E-state index contributed by atoms with van der Waals surface area (Å²) < 4.78 is 1.95. The maximum Gasteiger partial charge on any atom is 0.116 e. The minimum atomic E-state index is 0.264. The summed E-state index contributed by atoms with van der Waals surface area (Å²) in [7, 11) is 0. The highest BCUT2D eigenvalue weighted by atomic mass is 16.3. The molecule has 118 valence electrons. The van der Waals surface area contributed by atoms with Gasteiger partial charge in [0.1, 0.15) is 5.75 Å². The number of nitrogens with zero attached hydrogens (tertiary/aromatic N) is 2. The fourth-order valence-corrected chi connectivity index (χ4v) is 2.94. The summed E-state index contributed by atoms with van der Waals surface area (Å²) in [5.74, 6) is 0.264. The molecule has 0 spiro atoms. The number of phenolic OH excluding ortho intramolecular Hbond substituents is 1. The Bertz CT molecular complexity index is 819. The fraction of sp³-hybridized carbons (Fsp3) is 0.211. The monoisotopic (exact) mass is 307 g/mol. The van der Waals surface area contributed by atoms with Crippen LogP contribution in [0.1, 0.15) is 17.0 Å². The van der Waals surface area contributed by atoms with Gasteiger partial charge >= 0.3 is 0 Å². The van der Waals surface area contributed by atoms with E-state index in [1.54, 1.807) is 12.1 Å². The molecule has 4 nitrogen and oxygen atoms in total. The van der Waals surface area contributed by atoms with E-state index in [2.05, 4.69) is 29.4 Å². The standard InChI is InChI=1S/C19H21N3O/c1-13-19(16-4-3-5-18(23)12-16)14(2)22(21-13)17-8-6-15(7-9-17)10-11-20/h3-9,12,23H,10-11,20H2,1-2H3. The Labute approximate surface area is 136 Å². The van der Waals surface area contributed by atoms with E-state index in [0.717, 1.165) is 34.6 Å². The Morgan fingerprint density at radius 2 is 1.83 bits per heavy atom. The van der Waals surface area contributed by atoms with Crippen LogP contribution in [0, 0.1) is 13.8 Å². The first kappa shape index (κ1) is 15.3. The van der Waals surface area contributed by atoms with E-state index in [1.807, 2.05) is 30.7 Å². The lowest BCUT2D eigenvalue weighted by atomic mass is 10.0. The highest BCUT2D eigenvalue weighted by Gasteiger charge is 2.14. The number of aromatic nitrogens is 2.